The summed E-state index contributed by atoms with van der Waals surface area (Å²) < 4.78 is 11.7. The van der Waals surface area contributed by atoms with E-state index in [1.807, 2.05) is 43.3 Å². The fourth-order valence-electron chi connectivity index (χ4n) is 5.09. The lowest BCUT2D eigenvalue weighted by molar-refractivity contribution is 0.0594. The first-order valence-electron chi connectivity index (χ1n) is 13.7. The van der Waals surface area contributed by atoms with E-state index in [4.69, 9.17) is 9.47 Å². The maximum atomic E-state index is 13.9. The first-order chi connectivity index (χ1) is 18.8. The highest BCUT2D eigenvalue weighted by Gasteiger charge is 2.24. The number of ether oxygens (including phenoxy) is 2. The summed E-state index contributed by atoms with van der Waals surface area (Å²) in [5.74, 6) is 2.08. The molecule has 1 saturated heterocycles. The number of hydrogen-bond acceptors (Lipinski definition) is 4. The number of anilines is 3. The Hall–Kier alpha value is -3.84. The summed E-state index contributed by atoms with van der Waals surface area (Å²) in [6, 6.07) is 19.7. The molecule has 7 heteroatoms. The smallest absolute Gasteiger partial charge is 0.332 e. The summed E-state index contributed by atoms with van der Waals surface area (Å²) in [6.07, 6.45) is 4.86. The lowest BCUT2D eigenvalue weighted by atomic mass is 9.86. The molecule has 39 heavy (non-hydrogen) atoms. The number of aromatic amines is 1. The topological polar surface area (TPSA) is 79.5 Å². The summed E-state index contributed by atoms with van der Waals surface area (Å²) in [7, 11) is 0. The molecule has 0 spiro atoms. The highest BCUT2D eigenvalue weighted by Crippen LogP contribution is 2.35. The first kappa shape index (κ1) is 26.8. The molecule has 204 valence electrons. The Labute approximate surface area is 230 Å². The van der Waals surface area contributed by atoms with Gasteiger partial charge >= 0.3 is 6.03 Å². The summed E-state index contributed by atoms with van der Waals surface area (Å²) >= 11 is 0. The van der Waals surface area contributed by atoms with Gasteiger partial charge in [0, 0.05) is 30.1 Å². The highest BCUT2D eigenvalue weighted by molar-refractivity contribution is 6.11. The van der Waals surface area contributed by atoms with Crippen LogP contribution in [0.15, 0.2) is 66.9 Å². The summed E-state index contributed by atoms with van der Waals surface area (Å²) in [5, 5.41) is 12.1. The zero-order valence-corrected chi connectivity index (χ0v) is 23.3. The molecule has 1 fully saturated rings. The number of carbonyl (C=O) groups excluding carboxylic acids is 1. The third kappa shape index (κ3) is 6.09. The number of nitrogens with zero attached hydrogens (tertiary/aromatic N) is 2. The van der Waals surface area contributed by atoms with Gasteiger partial charge in [-0.25, -0.2) is 9.69 Å². The van der Waals surface area contributed by atoms with Crippen molar-refractivity contribution in [2.75, 3.05) is 30.0 Å². The van der Waals surface area contributed by atoms with Crippen LogP contribution in [0.1, 0.15) is 51.2 Å². The monoisotopic (exact) mass is 526 g/mol. The van der Waals surface area contributed by atoms with Gasteiger partial charge in [0.25, 0.3) is 0 Å². The second-order valence-corrected chi connectivity index (χ2v) is 11.3. The number of H-pyrrole nitrogens is 1. The molecular formula is C32H38N4O3. The number of rotatable bonds is 7. The number of carbonyl (C=O) groups is 1. The molecule has 0 radical (unpaired) electrons. The maximum absolute atomic E-state index is 13.9. The third-order valence-corrected chi connectivity index (χ3v) is 7.50. The molecule has 1 aliphatic rings. The van der Waals surface area contributed by atoms with Crippen molar-refractivity contribution in [2.45, 2.75) is 52.4 Å². The number of amides is 2. The van der Waals surface area contributed by atoms with E-state index in [9.17, 15) is 4.79 Å². The average Bonchev–Trinajstić information content (AvgIpc) is 3.45. The molecular weight excluding hydrogens is 488 g/mol. The average molecular weight is 527 g/mol. The number of aromatic nitrogens is 2. The van der Waals surface area contributed by atoms with E-state index < -0.39 is 0 Å². The molecule has 0 unspecified atom stereocenters. The van der Waals surface area contributed by atoms with Gasteiger partial charge in [-0.3, -0.25) is 5.10 Å². The second-order valence-electron chi connectivity index (χ2n) is 11.3. The number of aryl methyl sites for hydroxylation is 1. The molecule has 1 aromatic heterocycles. The van der Waals surface area contributed by atoms with Crippen LogP contribution in [-0.4, -0.2) is 36.0 Å². The first-order valence-corrected chi connectivity index (χ1v) is 13.7. The van der Waals surface area contributed by atoms with Crippen molar-refractivity contribution in [3.63, 3.8) is 0 Å². The standard InChI is InChI=1S/C32H38N4O3/c1-22-9-10-24(32(2,3)4)21-28(22)36(30-13-17-33-35-30)31(37)34-27-11-12-29(26-8-6-5-7-25(26)27)39-20-16-23-14-18-38-19-15-23/h5-13,17,21,23H,14-16,18-20H2,1-4H3,(H,33,35)(H,34,37). The normalized spacial score (nSPS) is 14.4. The van der Waals surface area contributed by atoms with Crippen molar-refractivity contribution in [3.05, 3.63) is 78.0 Å². The van der Waals surface area contributed by atoms with Crippen LogP contribution in [0.2, 0.25) is 0 Å². The molecule has 0 bridgehead atoms. The van der Waals surface area contributed by atoms with Crippen molar-refractivity contribution in [1.82, 2.24) is 10.2 Å². The van der Waals surface area contributed by atoms with E-state index in [-0.39, 0.29) is 11.4 Å². The number of benzene rings is 3. The molecule has 5 rings (SSSR count). The Morgan fingerprint density at radius 3 is 2.56 bits per heavy atom. The van der Waals surface area contributed by atoms with Crippen LogP contribution in [0.4, 0.5) is 22.0 Å². The van der Waals surface area contributed by atoms with E-state index in [0.717, 1.165) is 71.5 Å². The predicted octanol–water partition coefficient (Wildman–Crippen LogP) is 7.73. The van der Waals surface area contributed by atoms with Crippen LogP contribution in [0.25, 0.3) is 10.8 Å². The quantitative estimate of drug-likeness (QED) is 0.258. The Kier molecular flexibility index (Phi) is 7.89. The summed E-state index contributed by atoms with van der Waals surface area (Å²) in [4.78, 5) is 15.6. The fourth-order valence-corrected chi connectivity index (χ4v) is 5.09. The van der Waals surface area contributed by atoms with Gasteiger partial charge in [-0.1, -0.05) is 57.2 Å². The molecule has 2 amide bonds. The van der Waals surface area contributed by atoms with Crippen molar-refractivity contribution in [2.24, 2.45) is 5.92 Å². The van der Waals surface area contributed by atoms with Crippen molar-refractivity contribution in [3.8, 4) is 5.75 Å². The molecule has 0 aliphatic carbocycles. The van der Waals surface area contributed by atoms with E-state index >= 15 is 0 Å². The highest BCUT2D eigenvalue weighted by atomic mass is 16.5. The van der Waals surface area contributed by atoms with Gasteiger partial charge in [0.2, 0.25) is 0 Å². The van der Waals surface area contributed by atoms with Crippen LogP contribution >= 0.6 is 0 Å². The zero-order valence-electron chi connectivity index (χ0n) is 23.3. The Bertz CT molecular complexity index is 1420. The van der Waals surface area contributed by atoms with Gasteiger partial charge in [-0.05, 0) is 66.8 Å². The third-order valence-electron chi connectivity index (χ3n) is 7.50. The number of nitrogens with one attached hydrogen (secondary N) is 2. The van der Waals surface area contributed by atoms with Gasteiger partial charge in [-0.15, -0.1) is 0 Å². The minimum Gasteiger partial charge on any atom is -0.493 e. The summed E-state index contributed by atoms with van der Waals surface area (Å²) in [6.45, 7) is 10.9. The van der Waals surface area contributed by atoms with Gasteiger partial charge in [0.05, 0.1) is 24.2 Å². The van der Waals surface area contributed by atoms with Crippen LogP contribution in [0, 0.1) is 12.8 Å². The van der Waals surface area contributed by atoms with Gasteiger partial charge < -0.3 is 14.8 Å². The van der Waals surface area contributed by atoms with E-state index in [2.05, 4.69) is 54.5 Å². The molecule has 2 N–H and O–H groups in total. The molecule has 1 aliphatic heterocycles. The van der Waals surface area contributed by atoms with Gasteiger partial charge in [-0.2, -0.15) is 5.10 Å². The lowest BCUT2D eigenvalue weighted by Gasteiger charge is -2.27. The number of fused-ring (bicyclic) bond motifs is 1. The Morgan fingerprint density at radius 1 is 1.08 bits per heavy atom. The van der Waals surface area contributed by atoms with Crippen molar-refractivity contribution < 1.29 is 14.3 Å². The number of hydrogen-bond donors (Lipinski definition) is 2. The van der Waals surface area contributed by atoms with E-state index in [1.165, 1.54) is 0 Å². The van der Waals surface area contributed by atoms with Gasteiger partial charge in [0.15, 0.2) is 0 Å². The van der Waals surface area contributed by atoms with Crippen molar-refractivity contribution in [1.29, 1.82) is 0 Å². The lowest BCUT2D eigenvalue weighted by Crippen LogP contribution is -2.32. The molecule has 3 aromatic carbocycles. The fraction of sp³-hybridized carbons (Fsp3) is 0.375. The van der Waals surface area contributed by atoms with Crippen LogP contribution < -0.4 is 15.0 Å². The molecule has 0 atom stereocenters. The minimum absolute atomic E-state index is 0.0601. The molecule has 2 heterocycles. The zero-order chi connectivity index (χ0) is 27.4. The maximum Gasteiger partial charge on any atom is 0.332 e. The van der Waals surface area contributed by atoms with Gasteiger partial charge in [0.1, 0.15) is 11.6 Å². The van der Waals surface area contributed by atoms with Crippen LogP contribution in [-0.2, 0) is 10.2 Å². The minimum atomic E-state index is -0.272. The molecule has 7 nitrogen and oxygen atoms in total. The largest absolute Gasteiger partial charge is 0.493 e. The SMILES string of the molecule is Cc1ccc(C(C)(C)C)cc1N(C(=O)Nc1ccc(OCCC2CCOCC2)c2ccccc12)c1ccn[nH]1. The molecule has 4 aromatic rings. The van der Waals surface area contributed by atoms with Crippen LogP contribution in [0.5, 0.6) is 5.75 Å². The molecule has 0 saturated carbocycles. The Morgan fingerprint density at radius 2 is 1.85 bits per heavy atom. The summed E-state index contributed by atoms with van der Waals surface area (Å²) in [5.41, 5.74) is 3.61. The van der Waals surface area contributed by atoms with Crippen LogP contribution in [0.3, 0.4) is 0 Å². The van der Waals surface area contributed by atoms with Crippen molar-refractivity contribution >= 4 is 34.0 Å². The predicted molar refractivity (Wildman–Crippen MR) is 157 cm³/mol. The second kappa shape index (κ2) is 11.5. The van der Waals surface area contributed by atoms with E-state index in [1.54, 1.807) is 17.2 Å². The Balaban J connectivity index is 1.42. The number of urea groups is 1. The van der Waals surface area contributed by atoms with E-state index in [0.29, 0.717) is 18.3 Å².